The standard InChI is InChI=1S/C13H28N2O/c1-5-6-14-7-11(2)8-15-9-13(4)16-10-12(15)3/h11-14H,5-10H2,1-4H3. The van der Waals surface area contributed by atoms with Gasteiger partial charge in [-0.25, -0.2) is 0 Å². The largest absolute Gasteiger partial charge is 0.376 e. The van der Waals surface area contributed by atoms with Crippen molar-refractivity contribution in [1.82, 2.24) is 10.2 Å². The van der Waals surface area contributed by atoms with E-state index in [4.69, 9.17) is 4.74 Å². The summed E-state index contributed by atoms with van der Waals surface area (Å²) in [6.07, 6.45) is 1.62. The Bertz CT molecular complexity index is 187. The topological polar surface area (TPSA) is 24.5 Å². The first-order valence-corrected chi connectivity index (χ1v) is 6.69. The molecule has 0 saturated carbocycles. The van der Waals surface area contributed by atoms with E-state index in [2.05, 4.69) is 37.9 Å². The highest BCUT2D eigenvalue weighted by molar-refractivity contribution is 4.77. The SMILES string of the molecule is CCCNCC(C)CN1CC(C)OCC1C. The van der Waals surface area contributed by atoms with Crippen LogP contribution in [0.1, 0.15) is 34.1 Å². The fraction of sp³-hybridized carbons (Fsp3) is 1.00. The van der Waals surface area contributed by atoms with Crippen LogP contribution in [0, 0.1) is 5.92 Å². The van der Waals surface area contributed by atoms with Gasteiger partial charge in [0.1, 0.15) is 0 Å². The van der Waals surface area contributed by atoms with Crippen molar-refractivity contribution in [2.45, 2.75) is 46.3 Å². The molecule has 96 valence electrons. The molecule has 16 heavy (non-hydrogen) atoms. The van der Waals surface area contributed by atoms with E-state index in [-0.39, 0.29) is 0 Å². The first kappa shape index (κ1) is 13.9. The smallest absolute Gasteiger partial charge is 0.0674 e. The zero-order valence-corrected chi connectivity index (χ0v) is 11.3. The molecule has 0 aliphatic carbocycles. The molecule has 3 atom stereocenters. The number of ether oxygens (including phenoxy) is 1. The predicted octanol–water partition coefficient (Wildman–Crippen LogP) is 1.73. The molecular weight excluding hydrogens is 200 g/mol. The number of morpholine rings is 1. The Kier molecular flexibility index (Phi) is 6.32. The Labute approximate surface area is 101 Å². The fourth-order valence-electron chi connectivity index (χ4n) is 2.22. The van der Waals surface area contributed by atoms with Crippen LogP contribution < -0.4 is 5.32 Å². The highest BCUT2D eigenvalue weighted by Crippen LogP contribution is 2.13. The Balaban J connectivity index is 2.23. The van der Waals surface area contributed by atoms with Crippen LogP contribution >= 0.6 is 0 Å². The quantitative estimate of drug-likeness (QED) is 0.701. The lowest BCUT2D eigenvalue weighted by atomic mass is 10.1. The van der Waals surface area contributed by atoms with Crippen LogP contribution in [0.5, 0.6) is 0 Å². The van der Waals surface area contributed by atoms with Crippen molar-refractivity contribution >= 4 is 0 Å². The van der Waals surface area contributed by atoms with Crippen molar-refractivity contribution < 1.29 is 4.74 Å². The minimum atomic E-state index is 0.395. The van der Waals surface area contributed by atoms with Gasteiger partial charge in [0.05, 0.1) is 12.7 Å². The summed E-state index contributed by atoms with van der Waals surface area (Å²) in [5.41, 5.74) is 0. The summed E-state index contributed by atoms with van der Waals surface area (Å²) < 4.78 is 5.64. The van der Waals surface area contributed by atoms with Crippen molar-refractivity contribution in [1.29, 1.82) is 0 Å². The second-order valence-corrected chi connectivity index (χ2v) is 5.26. The minimum Gasteiger partial charge on any atom is -0.376 e. The Hall–Kier alpha value is -0.120. The van der Waals surface area contributed by atoms with Crippen LogP contribution in [0.15, 0.2) is 0 Å². The van der Waals surface area contributed by atoms with E-state index in [1.165, 1.54) is 13.0 Å². The molecule has 1 aliphatic heterocycles. The van der Waals surface area contributed by atoms with Crippen molar-refractivity contribution in [3.8, 4) is 0 Å². The molecule has 0 aromatic rings. The third-order valence-electron chi connectivity index (χ3n) is 3.20. The van der Waals surface area contributed by atoms with Gasteiger partial charge in [0, 0.05) is 19.1 Å². The first-order valence-electron chi connectivity index (χ1n) is 6.69. The Morgan fingerprint density at radius 2 is 2.19 bits per heavy atom. The summed E-state index contributed by atoms with van der Waals surface area (Å²) in [7, 11) is 0. The van der Waals surface area contributed by atoms with Crippen molar-refractivity contribution in [3.05, 3.63) is 0 Å². The lowest BCUT2D eigenvalue weighted by molar-refractivity contribution is -0.0533. The molecule has 3 heteroatoms. The highest BCUT2D eigenvalue weighted by atomic mass is 16.5. The van der Waals surface area contributed by atoms with Crippen molar-refractivity contribution in [2.75, 3.05) is 32.8 Å². The Morgan fingerprint density at radius 1 is 1.44 bits per heavy atom. The molecule has 3 unspecified atom stereocenters. The van der Waals surface area contributed by atoms with Gasteiger partial charge in [-0.15, -0.1) is 0 Å². The Morgan fingerprint density at radius 3 is 2.88 bits per heavy atom. The maximum Gasteiger partial charge on any atom is 0.0674 e. The summed E-state index contributed by atoms with van der Waals surface area (Å²) in [6.45, 7) is 14.4. The number of rotatable bonds is 6. The molecule has 1 heterocycles. The van der Waals surface area contributed by atoms with Gasteiger partial charge in [0.2, 0.25) is 0 Å². The molecule has 1 fully saturated rings. The monoisotopic (exact) mass is 228 g/mol. The zero-order chi connectivity index (χ0) is 12.0. The van der Waals surface area contributed by atoms with E-state index in [1.807, 2.05) is 0 Å². The van der Waals surface area contributed by atoms with Gasteiger partial charge in [-0.3, -0.25) is 4.90 Å². The lowest BCUT2D eigenvalue weighted by Crippen LogP contribution is -2.49. The van der Waals surface area contributed by atoms with Gasteiger partial charge in [-0.1, -0.05) is 13.8 Å². The molecular formula is C13H28N2O. The molecule has 1 saturated heterocycles. The molecule has 0 aromatic heterocycles. The summed E-state index contributed by atoms with van der Waals surface area (Å²) >= 11 is 0. The molecule has 0 spiro atoms. The van der Waals surface area contributed by atoms with Crippen molar-refractivity contribution in [2.24, 2.45) is 5.92 Å². The molecule has 0 radical (unpaired) electrons. The summed E-state index contributed by atoms with van der Waals surface area (Å²) in [4.78, 5) is 2.56. The van der Waals surface area contributed by atoms with E-state index in [9.17, 15) is 0 Å². The van der Waals surface area contributed by atoms with Crippen molar-refractivity contribution in [3.63, 3.8) is 0 Å². The molecule has 1 aliphatic rings. The second kappa shape index (κ2) is 7.25. The van der Waals surface area contributed by atoms with E-state index < -0.39 is 0 Å². The van der Waals surface area contributed by atoms with E-state index in [1.54, 1.807) is 0 Å². The maximum absolute atomic E-state index is 5.64. The van der Waals surface area contributed by atoms with E-state index >= 15 is 0 Å². The maximum atomic E-state index is 5.64. The number of hydrogen-bond acceptors (Lipinski definition) is 3. The number of hydrogen-bond donors (Lipinski definition) is 1. The molecule has 1 rings (SSSR count). The first-order chi connectivity index (χ1) is 7.63. The third-order valence-corrected chi connectivity index (χ3v) is 3.20. The number of nitrogens with zero attached hydrogens (tertiary/aromatic N) is 1. The molecule has 0 aromatic carbocycles. The van der Waals surface area contributed by atoms with Crippen LogP contribution in [-0.4, -0.2) is 49.8 Å². The van der Waals surface area contributed by atoms with Gasteiger partial charge in [-0.2, -0.15) is 0 Å². The molecule has 3 nitrogen and oxygen atoms in total. The normalized spacial score (nSPS) is 29.2. The number of nitrogens with one attached hydrogen (secondary N) is 1. The van der Waals surface area contributed by atoms with Gasteiger partial charge in [-0.05, 0) is 39.3 Å². The average Bonchev–Trinajstić information content (AvgIpc) is 2.24. The lowest BCUT2D eigenvalue weighted by Gasteiger charge is -2.38. The van der Waals surface area contributed by atoms with Gasteiger partial charge in [0.25, 0.3) is 0 Å². The highest BCUT2D eigenvalue weighted by Gasteiger charge is 2.24. The van der Waals surface area contributed by atoms with Gasteiger partial charge >= 0.3 is 0 Å². The van der Waals surface area contributed by atoms with Crippen LogP contribution in [0.4, 0.5) is 0 Å². The van der Waals surface area contributed by atoms with E-state index in [0.717, 1.165) is 32.2 Å². The van der Waals surface area contributed by atoms with Gasteiger partial charge in [0.15, 0.2) is 0 Å². The van der Waals surface area contributed by atoms with Crippen LogP contribution in [0.25, 0.3) is 0 Å². The predicted molar refractivity (Wildman–Crippen MR) is 68.8 cm³/mol. The average molecular weight is 228 g/mol. The van der Waals surface area contributed by atoms with Crippen LogP contribution in [0.3, 0.4) is 0 Å². The molecule has 0 amide bonds. The summed E-state index contributed by atoms with van der Waals surface area (Å²) in [5, 5.41) is 3.49. The third kappa shape index (κ3) is 4.81. The molecule has 0 bridgehead atoms. The summed E-state index contributed by atoms with van der Waals surface area (Å²) in [5.74, 6) is 0.722. The second-order valence-electron chi connectivity index (χ2n) is 5.26. The minimum absolute atomic E-state index is 0.395. The zero-order valence-electron chi connectivity index (χ0n) is 11.3. The van der Waals surface area contributed by atoms with Gasteiger partial charge < -0.3 is 10.1 Å². The fourth-order valence-corrected chi connectivity index (χ4v) is 2.22. The van der Waals surface area contributed by atoms with Crippen LogP contribution in [-0.2, 0) is 4.74 Å². The van der Waals surface area contributed by atoms with E-state index in [0.29, 0.717) is 12.1 Å². The summed E-state index contributed by atoms with van der Waals surface area (Å²) in [6, 6.07) is 0.574. The molecule has 1 N–H and O–H groups in total. The van der Waals surface area contributed by atoms with Crippen LogP contribution in [0.2, 0.25) is 0 Å².